The van der Waals surface area contributed by atoms with Gasteiger partial charge < -0.3 is 14.6 Å². The Morgan fingerprint density at radius 2 is 1.87 bits per heavy atom. The van der Waals surface area contributed by atoms with Gasteiger partial charge in [0.1, 0.15) is 11.5 Å². The topological polar surface area (TPSA) is 68.7 Å². The molecule has 0 saturated carbocycles. The van der Waals surface area contributed by atoms with Crippen LogP contribution in [0, 0.1) is 0 Å². The predicted octanol–water partition coefficient (Wildman–Crippen LogP) is 3.66. The van der Waals surface area contributed by atoms with Crippen molar-refractivity contribution in [2.24, 2.45) is 0 Å². The number of fused-ring (bicyclic) bond motifs is 1. The fraction of sp³-hybridized carbons (Fsp3) is 0.111. The van der Waals surface area contributed by atoms with E-state index in [1.807, 2.05) is 30.3 Å². The number of aliphatic carboxylic acids is 1. The number of hydrogen-bond donors (Lipinski definition) is 1. The number of rotatable bonds is 5. The highest BCUT2D eigenvalue weighted by Gasteiger charge is 2.11. The lowest BCUT2D eigenvalue weighted by Crippen LogP contribution is -2.02. The summed E-state index contributed by atoms with van der Waals surface area (Å²) in [5.74, 6) is 0.757. The van der Waals surface area contributed by atoms with E-state index in [0.29, 0.717) is 28.5 Å². The summed E-state index contributed by atoms with van der Waals surface area (Å²) >= 11 is 0. The predicted molar refractivity (Wildman–Crippen MR) is 86.2 cm³/mol. The summed E-state index contributed by atoms with van der Waals surface area (Å²) in [5.41, 5.74) is 1.29. The third kappa shape index (κ3) is 3.40. The van der Waals surface area contributed by atoms with Gasteiger partial charge in [0.15, 0.2) is 0 Å². The molecule has 0 aliphatic heterocycles. The normalized spacial score (nSPS) is 10.5. The molecule has 0 radical (unpaired) electrons. The van der Waals surface area contributed by atoms with Crippen molar-refractivity contribution in [1.29, 1.82) is 0 Å². The molecule has 0 fully saturated rings. The van der Waals surface area contributed by atoms with Crippen molar-refractivity contribution in [3.8, 4) is 17.4 Å². The summed E-state index contributed by atoms with van der Waals surface area (Å²) in [7, 11) is 1.57. The van der Waals surface area contributed by atoms with Crippen molar-refractivity contribution < 1.29 is 19.4 Å². The number of carboxylic acids is 1. The molecule has 0 amide bonds. The minimum absolute atomic E-state index is 0.114. The van der Waals surface area contributed by atoms with Crippen LogP contribution in [0.25, 0.3) is 10.9 Å². The van der Waals surface area contributed by atoms with Gasteiger partial charge in [0.05, 0.1) is 19.0 Å². The molecule has 0 aliphatic rings. The molecule has 0 atom stereocenters. The average molecular weight is 309 g/mol. The number of pyridine rings is 1. The standard InChI is InChI=1S/C18H15NO4/c1-22-14-7-8-16-15(11-14)12(10-18(20)21)9-17(19-16)23-13-5-3-2-4-6-13/h2-9,11H,10H2,1H3,(H,20,21). The molecule has 1 N–H and O–H groups in total. The molecule has 0 saturated heterocycles. The Morgan fingerprint density at radius 1 is 1.09 bits per heavy atom. The Morgan fingerprint density at radius 3 is 2.57 bits per heavy atom. The van der Waals surface area contributed by atoms with Crippen LogP contribution in [0.4, 0.5) is 0 Å². The van der Waals surface area contributed by atoms with Gasteiger partial charge in [-0.2, -0.15) is 0 Å². The van der Waals surface area contributed by atoms with Crippen molar-refractivity contribution in [2.75, 3.05) is 7.11 Å². The van der Waals surface area contributed by atoms with E-state index in [2.05, 4.69) is 4.98 Å². The van der Waals surface area contributed by atoms with Gasteiger partial charge in [0.2, 0.25) is 5.88 Å². The van der Waals surface area contributed by atoms with E-state index in [9.17, 15) is 4.79 Å². The number of para-hydroxylation sites is 1. The average Bonchev–Trinajstić information content (AvgIpc) is 2.55. The number of hydrogen-bond acceptors (Lipinski definition) is 4. The number of benzene rings is 2. The molecule has 1 heterocycles. The van der Waals surface area contributed by atoms with Crippen LogP contribution in [-0.2, 0) is 11.2 Å². The highest BCUT2D eigenvalue weighted by Crippen LogP contribution is 2.28. The largest absolute Gasteiger partial charge is 0.497 e. The molecule has 5 heteroatoms. The first-order chi connectivity index (χ1) is 11.2. The molecule has 116 valence electrons. The van der Waals surface area contributed by atoms with Gasteiger partial charge >= 0.3 is 5.97 Å². The molecule has 1 aromatic heterocycles. The van der Waals surface area contributed by atoms with Gasteiger partial charge in [-0.15, -0.1) is 0 Å². The van der Waals surface area contributed by atoms with Crippen LogP contribution in [0.1, 0.15) is 5.56 Å². The zero-order valence-electron chi connectivity index (χ0n) is 12.5. The lowest BCUT2D eigenvalue weighted by Gasteiger charge is -2.10. The van der Waals surface area contributed by atoms with Crippen LogP contribution < -0.4 is 9.47 Å². The summed E-state index contributed by atoms with van der Waals surface area (Å²) in [6.07, 6.45) is -0.114. The number of carboxylic acid groups (broad SMARTS) is 1. The lowest BCUT2D eigenvalue weighted by molar-refractivity contribution is -0.136. The number of ether oxygens (including phenoxy) is 2. The van der Waals surface area contributed by atoms with E-state index in [1.165, 1.54) is 0 Å². The SMILES string of the molecule is COc1ccc2nc(Oc3ccccc3)cc(CC(=O)O)c2c1. The Hall–Kier alpha value is -3.08. The van der Waals surface area contributed by atoms with Crippen molar-refractivity contribution in [2.45, 2.75) is 6.42 Å². The molecular formula is C18H15NO4. The fourth-order valence-corrected chi connectivity index (χ4v) is 2.35. The van der Waals surface area contributed by atoms with Crippen LogP contribution in [-0.4, -0.2) is 23.2 Å². The van der Waals surface area contributed by atoms with Crippen molar-refractivity contribution in [1.82, 2.24) is 4.98 Å². The maximum absolute atomic E-state index is 11.1. The second kappa shape index (κ2) is 6.36. The Kier molecular flexibility index (Phi) is 4.10. The van der Waals surface area contributed by atoms with E-state index < -0.39 is 5.97 Å². The summed E-state index contributed by atoms with van der Waals surface area (Å²) in [4.78, 5) is 15.6. The molecular weight excluding hydrogens is 294 g/mol. The number of methoxy groups -OCH3 is 1. The third-order valence-electron chi connectivity index (χ3n) is 3.39. The van der Waals surface area contributed by atoms with E-state index in [4.69, 9.17) is 14.6 Å². The Bertz CT molecular complexity index is 846. The van der Waals surface area contributed by atoms with E-state index in [0.717, 1.165) is 5.39 Å². The molecule has 23 heavy (non-hydrogen) atoms. The number of nitrogens with zero attached hydrogens (tertiary/aromatic N) is 1. The van der Waals surface area contributed by atoms with Crippen LogP contribution in [0.5, 0.6) is 17.4 Å². The first-order valence-corrected chi connectivity index (χ1v) is 7.08. The quantitative estimate of drug-likeness (QED) is 0.779. The smallest absolute Gasteiger partial charge is 0.307 e. The molecule has 5 nitrogen and oxygen atoms in total. The maximum atomic E-state index is 11.1. The van der Waals surface area contributed by atoms with Gasteiger partial charge in [0, 0.05) is 11.5 Å². The maximum Gasteiger partial charge on any atom is 0.307 e. The van der Waals surface area contributed by atoms with E-state index in [1.54, 1.807) is 31.4 Å². The molecule has 0 aliphatic carbocycles. The van der Waals surface area contributed by atoms with Crippen molar-refractivity contribution in [3.05, 3.63) is 60.2 Å². The summed E-state index contributed by atoms with van der Waals surface area (Å²) in [6, 6.07) is 16.3. The van der Waals surface area contributed by atoms with Crippen LogP contribution in [0.15, 0.2) is 54.6 Å². The van der Waals surface area contributed by atoms with Crippen molar-refractivity contribution >= 4 is 16.9 Å². The highest BCUT2D eigenvalue weighted by molar-refractivity contribution is 5.87. The molecule has 0 bridgehead atoms. The van der Waals surface area contributed by atoms with Crippen molar-refractivity contribution in [3.63, 3.8) is 0 Å². The molecule has 0 spiro atoms. The zero-order valence-corrected chi connectivity index (χ0v) is 12.5. The molecule has 3 aromatic rings. The van der Waals surface area contributed by atoms with E-state index in [-0.39, 0.29) is 6.42 Å². The summed E-state index contributed by atoms with van der Waals surface area (Å²) in [5, 5.41) is 9.88. The molecule has 0 unspecified atom stereocenters. The van der Waals surface area contributed by atoms with Crippen LogP contribution in [0.2, 0.25) is 0 Å². The highest BCUT2D eigenvalue weighted by atomic mass is 16.5. The van der Waals surface area contributed by atoms with Gasteiger partial charge in [-0.25, -0.2) is 4.98 Å². The second-order valence-corrected chi connectivity index (χ2v) is 4.99. The molecule has 2 aromatic carbocycles. The fourth-order valence-electron chi connectivity index (χ4n) is 2.35. The van der Waals surface area contributed by atoms with Crippen LogP contribution in [0.3, 0.4) is 0 Å². The molecule has 3 rings (SSSR count). The van der Waals surface area contributed by atoms with Gasteiger partial charge in [-0.3, -0.25) is 4.79 Å². The Balaban J connectivity index is 2.07. The first-order valence-electron chi connectivity index (χ1n) is 7.08. The minimum Gasteiger partial charge on any atom is -0.497 e. The monoisotopic (exact) mass is 309 g/mol. The summed E-state index contributed by atoms with van der Waals surface area (Å²) < 4.78 is 10.9. The lowest BCUT2D eigenvalue weighted by atomic mass is 10.1. The van der Waals surface area contributed by atoms with Gasteiger partial charge in [-0.1, -0.05) is 18.2 Å². The zero-order chi connectivity index (χ0) is 16.2. The number of carbonyl (C=O) groups is 1. The van der Waals surface area contributed by atoms with E-state index >= 15 is 0 Å². The van der Waals surface area contributed by atoms with Crippen LogP contribution >= 0.6 is 0 Å². The minimum atomic E-state index is -0.911. The first kappa shape index (κ1) is 14.8. The Labute approximate surface area is 133 Å². The third-order valence-corrected chi connectivity index (χ3v) is 3.39. The van der Waals surface area contributed by atoms with Gasteiger partial charge in [-0.05, 0) is 35.9 Å². The number of aromatic nitrogens is 1. The summed E-state index contributed by atoms with van der Waals surface area (Å²) in [6.45, 7) is 0. The second-order valence-electron chi connectivity index (χ2n) is 4.99. The van der Waals surface area contributed by atoms with Gasteiger partial charge in [0.25, 0.3) is 0 Å².